The lowest BCUT2D eigenvalue weighted by molar-refractivity contribution is -0.141. The number of nitrogens with zero attached hydrogens (tertiary/aromatic N) is 5. The number of anilines is 1. The molecule has 1 N–H and O–H groups in total. The number of aromatic nitrogens is 4. The number of pyridine rings is 1. The van der Waals surface area contributed by atoms with Crippen molar-refractivity contribution in [2.45, 2.75) is 65.6 Å². The Morgan fingerprint density at radius 3 is 2.51 bits per heavy atom. The fourth-order valence-corrected chi connectivity index (χ4v) is 6.81. The average Bonchev–Trinajstić information content (AvgIpc) is 3.65. The number of rotatable bonds is 6. The molecule has 10 heteroatoms. The number of halogens is 1. The van der Waals surface area contributed by atoms with Gasteiger partial charge in [-0.3, -0.25) is 14.4 Å². The molecule has 2 bridgehead atoms. The summed E-state index contributed by atoms with van der Waals surface area (Å²) in [6.45, 7) is 7.28. The van der Waals surface area contributed by atoms with Gasteiger partial charge in [0.25, 0.3) is 0 Å². The highest BCUT2D eigenvalue weighted by atomic mass is 79.9. The first-order valence-corrected chi connectivity index (χ1v) is 14.6. The zero-order valence-electron chi connectivity index (χ0n) is 23.4. The molecule has 1 saturated heterocycles. The molecule has 210 valence electrons. The Morgan fingerprint density at radius 2 is 1.78 bits per heavy atom. The van der Waals surface area contributed by atoms with Crippen molar-refractivity contribution >= 4 is 50.2 Å². The number of hydrogen-bond donors (Lipinski definition) is 1. The molecule has 4 aromatic rings. The van der Waals surface area contributed by atoms with E-state index in [1.54, 1.807) is 23.5 Å². The number of benzene rings is 1. The minimum Gasteiger partial charge on any atom is -0.337 e. The molecule has 6 rings (SSSR count). The molecule has 1 aliphatic heterocycles. The second-order valence-electron chi connectivity index (χ2n) is 11.2. The van der Waals surface area contributed by atoms with E-state index in [9.17, 15) is 14.4 Å². The minimum atomic E-state index is -0.551. The molecule has 1 aromatic carbocycles. The van der Waals surface area contributed by atoms with Crippen molar-refractivity contribution in [3.63, 3.8) is 0 Å². The molecule has 2 aliphatic rings. The van der Waals surface area contributed by atoms with Crippen LogP contribution in [0.15, 0.2) is 47.5 Å². The Bertz CT molecular complexity index is 1710. The smallest absolute Gasteiger partial charge is 0.248 e. The van der Waals surface area contributed by atoms with Crippen LogP contribution in [-0.4, -0.2) is 54.1 Å². The normalized spacial score (nSPS) is 19.6. The fourth-order valence-electron chi connectivity index (χ4n) is 6.50. The molecule has 1 saturated carbocycles. The zero-order chi connectivity index (χ0) is 29.0. The number of aryl methyl sites for hydroxylation is 3. The van der Waals surface area contributed by atoms with Crippen LogP contribution in [0.3, 0.4) is 0 Å². The summed E-state index contributed by atoms with van der Waals surface area (Å²) in [5, 5.41) is 3.76. The van der Waals surface area contributed by atoms with Gasteiger partial charge in [-0.1, -0.05) is 6.07 Å². The van der Waals surface area contributed by atoms with E-state index in [0.29, 0.717) is 21.8 Å². The van der Waals surface area contributed by atoms with Crippen LogP contribution >= 0.6 is 15.9 Å². The standard InChI is InChI=1S/C31H31BrN6O3/c1-16-5-8-26(32)35-30(16)36-31(41)29-20-6-7-23(10-20)38(29)27(40)15-37-14-25(18(3)39)24-11-21(9-17(2)28(24)37)22-12-33-19(4)34-13-22/h5,8-9,11-14,20,23,29H,6-7,10,15H2,1-4H3,(H,35,36,41)/t20?,23?,29-/m0/s1. The van der Waals surface area contributed by atoms with Crippen molar-refractivity contribution in [2.24, 2.45) is 5.92 Å². The van der Waals surface area contributed by atoms with Crippen LogP contribution in [0, 0.1) is 26.7 Å². The van der Waals surface area contributed by atoms with E-state index in [1.807, 2.05) is 49.6 Å². The molecule has 2 amide bonds. The highest BCUT2D eigenvalue weighted by Gasteiger charge is 2.51. The molecule has 4 heterocycles. The maximum atomic E-state index is 13.9. The van der Waals surface area contributed by atoms with E-state index >= 15 is 0 Å². The molecule has 2 unspecified atom stereocenters. The van der Waals surface area contributed by atoms with Crippen LogP contribution < -0.4 is 5.32 Å². The Morgan fingerprint density at radius 1 is 1.02 bits per heavy atom. The van der Waals surface area contributed by atoms with Gasteiger partial charge in [-0.25, -0.2) is 15.0 Å². The van der Waals surface area contributed by atoms with E-state index in [4.69, 9.17) is 0 Å². The molecular formula is C31H31BrN6O3. The highest BCUT2D eigenvalue weighted by molar-refractivity contribution is 9.10. The average molecular weight is 616 g/mol. The lowest BCUT2D eigenvalue weighted by Gasteiger charge is -2.34. The second-order valence-corrected chi connectivity index (χ2v) is 12.0. The number of hydrogen-bond acceptors (Lipinski definition) is 6. The fraction of sp³-hybridized carbons (Fsp3) is 0.355. The summed E-state index contributed by atoms with van der Waals surface area (Å²) in [5.41, 5.74) is 4.94. The van der Waals surface area contributed by atoms with E-state index in [-0.39, 0.29) is 36.1 Å². The molecule has 1 aliphatic carbocycles. The van der Waals surface area contributed by atoms with Crippen LogP contribution in [0.1, 0.15) is 53.5 Å². The molecule has 0 radical (unpaired) electrons. The SMILES string of the molecule is CC(=O)c1cn(CC(=O)N2C3CCC(C3)[C@H]2C(=O)Nc2nc(Br)ccc2C)c2c(C)cc(-c3cnc(C)nc3)cc12. The molecule has 41 heavy (non-hydrogen) atoms. The number of fused-ring (bicyclic) bond motifs is 3. The van der Waals surface area contributed by atoms with E-state index in [1.165, 1.54) is 6.92 Å². The Hall–Kier alpha value is -3.92. The number of likely N-dealkylation sites (tertiary alicyclic amines) is 1. The van der Waals surface area contributed by atoms with Crippen molar-refractivity contribution in [2.75, 3.05) is 5.32 Å². The van der Waals surface area contributed by atoms with Gasteiger partial charge in [0, 0.05) is 41.1 Å². The number of carbonyl (C=O) groups excluding carboxylic acids is 3. The summed E-state index contributed by atoms with van der Waals surface area (Å²) < 4.78 is 2.49. The maximum Gasteiger partial charge on any atom is 0.248 e. The van der Waals surface area contributed by atoms with Gasteiger partial charge in [0.2, 0.25) is 11.8 Å². The Labute approximate surface area is 246 Å². The predicted octanol–water partition coefficient (Wildman–Crippen LogP) is 5.40. The van der Waals surface area contributed by atoms with Gasteiger partial charge < -0.3 is 14.8 Å². The lowest BCUT2D eigenvalue weighted by Crippen LogP contribution is -2.52. The summed E-state index contributed by atoms with van der Waals surface area (Å²) in [7, 11) is 0. The van der Waals surface area contributed by atoms with E-state index in [0.717, 1.165) is 52.4 Å². The predicted molar refractivity (Wildman–Crippen MR) is 160 cm³/mol. The summed E-state index contributed by atoms with van der Waals surface area (Å²) in [6.07, 6.45) is 7.95. The summed E-state index contributed by atoms with van der Waals surface area (Å²) >= 11 is 3.37. The van der Waals surface area contributed by atoms with Crippen LogP contribution in [-0.2, 0) is 16.1 Å². The number of piperidine rings is 1. The summed E-state index contributed by atoms with van der Waals surface area (Å²) in [5.74, 6) is 0.887. The Kier molecular flexibility index (Phi) is 6.97. The van der Waals surface area contributed by atoms with Crippen molar-refractivity contribution in [1.82, 2.24) is 24.4 Å². The van der Waals surface area contributed by atoms with Gasteiger partial charge in [0.15, 0.2) is 5.78 Å². The van der Waals surface area contributed by atoms with Crippen molar-refractivity contribution < 1.29 is 14.4 Å². The largest absolute Gasteiger partial charge is 0.337 e. The number of amides is 2. The van der Waals surface area contributed by atoms with Gasteiger partial charge in [0.05, 0.1) is 5.52 Å². The topological polar surface area (TPSA) is 110 Å². The number of carbonyl (C=O) groups is 3. The minimum absolute atomic E-state index is 0.0307. The summed E-state index contributed by atoms with van der Waals surface area (Å²) in [6, 6.07) is 7.19. The molecule has 9 nitrogen and oxygen atoms in total. The van der Waals surface area contributed by atoms with Crippen LogP contribution in [0.25, 0.3) is 22.0 Å². The molecule has 0 spiro atoms. The van der Waals surface area contributed by atoms with Crippen molar-refractivity contribution in [3.05, 3.63) is 70.0 Å². The van der Waals surface area contributed by atoms with Gasteiger partial charge in [-0.2, -0.15) is 0 Å². The quantitative estimate of drug-likeness (QED) is 0.230. The lowest BCUT2D eigenvalue weighted by atomic mass is 9.97. The first-order chi connectivity index (χ1) is 19.6. The third kappa shape index (κ3) is 4.94. The molecule has 2 fully saturated rings. The van der Waals surface area contributed by atoms with Gasteiger partial charge in [-0.05, 0) is 104 Å². The number of ketones is 1. The highest BCUT2D eigenvalue weighted by Crippen LogP contribution is 2.43. The van der Waals surface area contributed by atoms with Crippen molar-refractivity contribution in [3.8, 4) is 11.1 Å². The first-order valence-electron chi connectivity index (χ1n) is 13.8. The monoisotopic (exact) mass is 614 g/mol. The number of nitrogens with one attached hydrogen (secondary N) is 1. The van der Waals surface area contributed by atoms with Crippen LogP contribution in [0.4, 0.5) is 5.82 Å². The molecule has 3 aromatic heterocycles. The van der Waals surface area contributed by atoms with Gasteiger partial charge >= 0.3 is 0 Å². The molecular weight excluding hydrogens is 584 g/mol. The van der Waals surface area contributed by atoms with Crippen molar-refractivity contribution in [1.29, 1.82) is 0 Å². The van der Waals surface area contributed by atoms with Crippen LogP contribution in [0.5, 0.6) is 0 Å². The van der Waals surface area contributed by atoms with E-state index < -0.39 is 6.04 Å². The zero-order valence-corrected chi connectivity index (χ0v) is 25.0. The molecule has 3 atom stereocenters. The number of Topliss-reactive ketones (excluding diaryl/α,β-unsaturated/α-hetero) is 1. The van der Waals surface area contributed by atoms with Crippen LogP contribution in [0.2, 0.25) is 0 Å². The maximum absolute atomic E-state index is 13.9. The second kappa shape index (κ2) is 10.5. The van der Waals surface area contributed by atoms with Gasteiger partial charge in [0.1, 0.15) is 28.8 Å². The summed E-state index contributed by atoms with van der Waals surface area (Å²) in [4.78, 5) is 55.0. The van der Waals surface area contributed by atoms with E-state index in [2.05, 4.69) is 36.2 Å². The Balaban J connectivity index is 1.32. The first kappa shape index (κ1) is 27.3. The third-order valence-corrected chi connectivity index (χ3v) is 8.85. The van der Waals surface area contributed by atoms with Gasteiger partial charge in [-0.15, -0.1) is 0 Å². The third-order valence-electron chi connectivity index (χ3n) is 8.41.